The number of fused-ring (bicyclic) bond motifs is 1. The van der Waals surface area contributed by atoms with Gasteiger partial charge in [0.2, 0.25) is 5.88 Å². The van der Waals surface area contributed by atoms with Gasteiger partial charge in [0.05, 0.1) is 16.9 Å². The molecule has 0 atom stereocenters. The lowest BCUT2D eigenvalue weighted by Crippen LogP contribution is -2.39. The van der Waals surface area contributed by atoms with Gasteiger partial charge in [0.1, 0.15) is 22.3 Å². The third kappa shape index (κ3) is 5.82. The molecule has 0 radical (unpaired) electrons. The lowest BCUT2D eigenvalue weighted by Gasteiger charge is -2.15. The van der Waals surface area contributed by atoms with Gasteiger partial charge in [-0.3, -0.25) is 19.5 Å². The zero-order valence-corrected chi connectivity index (χ0v) is 24.0. The second kappa shape index (κ2) is 12.1. The number of nitrogens with zero attached hydrogens (tertiary/aromatic N) is 5. The van der Waals surface area contributed by atoms with E-state index in [0.29, 0.717) is 16.0 Å². The van der Waals surface area contributed by atoms with Crippen LogP contribution in [0, 0.1) is 21.7 Å². The predicted molar refractivity (Wildman–Crippen MR) is 158 cm³/mol. The van der Waals surface area contributed by atoms with Crippen LogP contribution in [0.4, 0.5) is 14.5 Å². The number of nitro benzene ring substituents is 1. The van der Waals surface area contributed by atoms with Crippen molar-refractivity contribution in [2.24, 2.45) is 0 Å². The smallest absolute Gasteiger partial charge is 0.341 e. The molecule has 12 nitrogen and oxygen atoms in total. The van der Waals surface area contributed by atoms with Crippen LogP contribution < -0.4 is 16.0 Å². The van der Waals surface area contributed by atoms with E-state index < -0.39 is 52.5 Å². The molecular formula is C29H23F2N5O7S. The highest BCUT2D eigenvalue weighted by molar-refractivity contribution is 7.22. The number of thiophene rings is 1. The third-order valence-electron chi connectivity index (χ3n) is 6.55. The second-order valence-corrected chi connectivity index (χ2v) is 10.9. The molecule has 0 bridgehead atoms. The lowest BCUT2D eigenvalue weighted by atomic mass is 10.1. The van der Waals surface area contributed by atoms with Crippen LogP contribution in [0.5, 0.6) is 5.88 Å². The Labute approximate surface area is 250 Å². The Morgan fingerprint density at radius 1 is 1.05 bits per heavy atom. The summed E-state index contributed by atoms with van der Waals surface area (Å²) in [5, 5.41) is 20.3. The molecule has 3 aromatic heterocycles. The number of rotatable bonds is 10. The molecule has 0 saturated heterocycles. The maximum atomic E-state index is 14.8. The average Bonchev–Trinajstić information content (AvgIpc) is 3.34. The number of pyridine rings is 1. The normalized spacial score (nSPS) is 11.3. The summed E-state index contributed by atoms with van der Waals surface area (Å²) in [6.45, 7) is -1.11. The summed E-state index contributed by atoms with van der Waals surface area (Å²) in [4.78, 5) is 56.5. The SMILES string of the molecule is CN(C)Cc1c(-c2ccc([N+](=O)[O-])cc2)sc2c1c(=O)n(-c1cccc(OCC(=O)O)n1)c(=O)n2Cc1c(F)cccc1F. The van der Waals surface area contributed by atoms with E-state index in [1.54, 1.807) is 19.0 Å². The van der Waals surface area contributed by atoms with E-state index in [9.17, 15) is 33.3 Å². The van der Waals surface area contributed by atoms with Crippen molar-refractivity contribution in [3.05, 3.63) is 114 Å². The summed E-state index contributed by atoms with van der Waals surface area (Å²) in [6, 6.07) is 13.0. The Morgan fingerprint density at radius 2 is 1.70 bits per heavy atom. The first-order valence-corrected chi connectivity index (χ1v) is 13.7. The molecule has 0 aliphatic carbocycles. The minimum absolute atomic E-state index is 0.0760. The molecule has 15 heteroatoms. The van der Waals surface area contributed by atoms with Crippen molar-refractivity contribution >= 4 is 33.2 Å². The molecule has 0 spiro atoms. The van der Waals surface area contributed by atoms with Crippen molar-refractivity contribution in [3.63, 3.8) is 0 Å². The number of benzene rings is 2. The number of nitro groups is 1. The third-order valence-corrected chi connectivity index (χ3v) is 7.85. The first-order valence-electron chi connectivity index (χ1n) is 12.9. The van der Waals surface area contributed by atoms with Gasteiger partial charge in [-0.1, -0.05) is 12.1 Å². The maximum absolute atomic E-state index is 14.8. The molecule has 0 aliphatic heterocycles. The number of carbonyl (C=O) groups is 1. The zero-order chi connectivity index (χ0) is 31.7. The Balaban J connectivity index is 1.85. The monoisotopic (exact) mass is 623 g/mol. The van der Waals surface area contributed by atoms with Crippen LogP contribution in [0.15, 0.2) is 70.3 Å². The van der Waals surface area contributed by atoms with Crippen LogP contribution in [0.2, 0.25) is 0 Å². The number of aromatic nitrogens is 3. The largest absolute Gasteiger partial charge is 0.479 e. The molecule has 3 heterocycles. The number of carboxylic acids is 1. The molecule has 226 valence electrons. The standard InChI is InChI=1S/C29H23F2N5O7S/c1-33(2)13-19-25-27(39)35(22-7-4-8-23(32-22)43-15-24(37)38)29(40)34(14-18-20(30)5-3-6-21(18)31)28(25)44-26(19)16-9-11-17(12-10-16)36(41)42/h3-12H,13-15H2,1-2H3,(H,37,38). The molecule has 0 amide bonds. The predicted octanol–water partition coefficient (Wildman–Crippen LogP) is 4.04. The summed E-state index contributed by atoms with van der Waals surface area (Å²) >= 11 is 1.04. The molecule has 2 aromatic carbocycles. The minimum Gasteiger partial charge on any atom is -0.479 e. The number of ether oxygens (including phenoxy) is 1. The first kappa shape index (κ1) is 30.2. The van der Waals surface area contributed by atoms with Gasteiger partial charge in [-0.2, -0.15) is 4.98 Å². The van der Waals surface area contributed by atoms with E-state index in [2.05, 4.69) is 4.98 Å². The van der Waals surface area contributed by atoms with Gasteiger partial charge < -0.3 is 14.7 Å². The van der Waals surface area contributed by atoms with Gasteiger partial charge in [0.25, 0.3) is 11.2 Å². The van der Waals surface area contributed by atoms with Gasteiger partial charge in [-0.15, -0.1) is 11.3 Å². The topological polar surface area (TPSA) is 150 Å². The number of aliphatic carboxylic acids is 1. The fraction of sp³-hybridized carbons (Fsp3) is 0.172. The van der Waals surface area contributed by atoms with Crippen LogP contribution in [0.25, 0.3) is 26.5 Å². The van der Waals surface area contributed by atoms with E-state index in [-0.39, 0.29) is 34.1 Å². The number of non-ortho nitro benzene ring substituents is 1. The molecule has 0 unspecified atom stereocenters. The Bertz CT molecular complexity index is 2020. The van der Waals surface area contributed by atoms with Crippen LogP contribution in [-0.2, 0) is 17.9 Å². The Kier molecular flexibility index (Phi) is 8.33. The number of halogens is 2. The molecule has 5 aromatic rings. The van der Waals surface area contributed by atoms with Gasteiger partial charge in [0.15, 0.2) is 6.61 Å². The zero-order valence-electron chi connectivity index (χ0n) is 23.2. The summed E-state index contributed by atoms with van der Waals surface area (Å²) in [5.41, 5.74) is -1.29. The highest BCUT2D eigenvalue weighted by Gasteiger charge is 2.26. The summed E-state index contributed by atoms with van der Waals surface area (Å²) < 4.78 is 36.6. The molecule has 44 heavy (non-hydrogen) atoms. The van der Waals surface area contributed by atoms with E-state index in [0.717, 1.165) is 32.6 Å². The molecule has 0 saturated carbocycles. The Hall–Kier alpha value is -5.28. The van der Waals surface area contributed by atoms with Crippen LogP contribution in [-0.4, -0.2) is 55.7 Å². The van der Waals surface area contributed by atoms with E-state index in [1.165, 1.54) is 48.5 Å². The average molecular weight is 624 g/mol. The van der Waals surface area contributed by atoms with Crippen LogP contribution in [0.3, 0.4) is 0 Å². The van der Waals surface area contributed by atoms with Crippen LogP contribution in [0.1, 0.15) is 11.1 Å². The summed E-state index contributed by atoms with van der Waals surface area (Å²) in [6.07, 6.45) is 0. The number of hydrogen-bond donors (Lipinski definition) is 1. The quantitative estimate of drug-likeness (QED) is 0.180. The molecule has 5 rings (SSSR count). The molecular weight excluding hydrogens is 600 g/mol. The fourth-order valence-corrected chi connectivity index (χ4v) is 5.93. The van der Waals surface area contributed by atoms with Gasteiger partial charge in [-0.25, -0.2) is 22.9 Å². The van der Waals surface area contributed by atoms with E-state index >= 15 is 0 Å². The van der Waals surface area contributed by atoms with Crippen LogP contribution >= 0.6 is 11.3 Å². The van der Waals surface area contributed by atoms with E-state index in [4.69, 9.17) is 9.84 Å². The Morgan fingerprint density at radius 3 is 2.32 bits per heavy atom. The van der Waals surface area contributed by atoms with Crippen molar-refractivity contribution in [2.45, 2.75) is 13.1 Å². The lowest BCUT2D eigenvalue weighted by molar-refractivity contribution is -0.384. The summed E-state index contributed by atoms with van der Waals surface area (Å²) in [7, 11) is 3.52. The maximum Gasteiger partial charge on any atom is 0.341 e. The van der Waals surface area contributed by atoms with Crippen molar-refractivity contribution in [1.82, 2.24) is 19.0 Å². The van der Waals surface area contributed by atoms with Gasteiger partial charge >= 0.3 is 11.7 Å². The van der Waals surface area contributed by atoms with Crippen molar-refractivity contribution < 1.29 is 28.3 Å². The summed E-state index contributed by atoms with van der Waals surface area (Å²) in [5.74, 6) is -3.44. The van der Waals surface area contributed by atoms with Crippen molar-refractivity contribution in [1.29, 1.82) is 0 Å². The second-order valence-electron chi connectivity index (χ2n) is 9.86. The molecule has 0 fully saturated rings. The number of carboxylic acid groups (broad SMARTS) is 1. The highest BCUT2D eigenvalue weighted by Crippen LogP contribution is 2.38. The van der Waals surface area contributed by atoms with Crippen molar-refractivity contribution in [3.8, 4) is 22.1 Å². The van der Waals surface area contributed by atoms with Crippen molar-refractivity contribution in [2.75, 3.05) is 20.7 Å². The molecule has 1 N–H and O–H groups in total. The first-order chi connectivity index (χ1) is 21.0. The minimum atomic E-state index is -1.27. The van der Waals surface area contributed by atoms with Gasteiger partial charge in [0, 0.05) is 35.2 Å². The van der Waals surface area contributed by atoms with E-state index in [1.807, 2.05) is 0 Å². The van der Waals surface area contributed by atoms with Gasteiger partial charge in [-0.05, 0) is 55.6 Å². The fourth-order valence-electron chi connectivity index (χ4n) is 4.63. The molecule has 0 aliphatic rings. The highest BCUT2D eigenvalue weighted by atomic mass is 32.1. The number of hydrogen-bond acceptors (Lipinski definition) is 9.